The van der Waals surface area contributed by atoms with E-state index < -0.39 is 73.5 Å². The van der Waals surface area contributed by atoms with Crippen LogP contribution in [0.2, 0.25) is 0 Å². The number of ether oxygens (including phenoxy) is 3. The van der Waals surface area contributed by atoms with E-state index in [0.29, 0.717) is 0 Å². The van der Waals surface area contributed by atoms with Crippen LogP contribution in [0.25, 0.3) is 0 Å². The summed E-state index contributed by atoms with van der Waals surface area (Å²) < 4.78 is 15.6. The molecule has 0 spiro atoms. The Morgan fingerprint density at radius 1 is 0.800 bits per heavy atom. The van der Waals surface area contributed by atoms with Gasteiger partial charge in [0.25, 0.3) is 0 Å². The van der Waals surface area contributed by atoms with Crippen molar-refractivity contribution in [2.24, 2.45) is 0 Å². The van der Waals surface area contributed by atoms with Crippen LogP contribution in [-0.4, -0.2) is 114 Å². The minimum Gasteiger partial charge on any atom is -0.394 e. The van der Waals surface area contributed by atoms with Crippen LogP contribution in [0.5, 0.6) is 0 Å². The van der Waals surface area contributed by atoms with E-state index in [4.69, 9.17) is 19.3 Å². The SMILES string of the molecule is Cl.OC[C@H]1OC(CO)(O[C@]2(S)O[C@H](CO)[C@@H](O)[C@H](O)[C@H]2O)[C@@H](O)[C@@H]1O. The molecule has 2 aliphatic heterocycles. The maximum absolute atomic E-state index is 10.1. The third-order valence-electron chi connectivity index (χ3n) is 4.15. The molecule has 8 N–H and O–H groups in total. The van der Waals surface area contributed by atoms with Gasteiger partial charge in [-0.2, -0.15) is 0 Å². The van der Waals surface area contributed by atoms with Crippen molar-refractivity contribution in [1.29, 1.82) is 0 Å². The summed E-state index contributed by atoms with van der Waals surface area (Å²) in [4.78, 5) is 0. The van der Waals surface area contributed by atoms with E-state index in [2.05, 4.69) is 12.6 Å². The second kappa shape index (κ2) is 8.48. The van der Waals surface area contributed by atoms with E-state index >= 15 is 0 Å². The molecule has 150 valence electrons. The Bertz CT molecular complexity index is 445. The molecular formula is C12H23ClO11S. The topological polar surface area (TPSA) is 190 Å². The zero-order valence-corrected chi connectivity index (χ0v) is 14.5. The Labute approximate surface area is 154 Å². The average Bonchev–Trinajstić information content (AvgIpc) is 2.81. The van der Waals surface area contributed by atoms with Gasteiger partial charge in [0.2, 0.25) is 10.9 Å². The molecule has 2 fully saturated rings. The summed E-state index contributed by atoms with van der Waals surface area (Å²) in [6, 6.07) is 0. The Morgan fingerprint density at radius 3 is 1.76 bits per heavy atom. The lowest BCUT2D eigenvalue weighted by atomic mass is 9.98. The largest absolute Gasteiger partial charge is 0.394 e. The quantitative estimate of drug-likeness (QED) is 0.156. The standard InChI is InChI=1S/C12H22O11S.ClH/c13-1-4-6(16)8(18)10(20)12(24,22-4)23-11(3-15)9(19)7(17)5(2-14)21-11;/h4-10,13-20,24H,1-3H2;1H/t4-,5-,6-,7-,8+,9+,10-,11?,12-;/m1./s1. The van der Waals surface area contributed by atoms with Gasteiger partial charge in [0.1, 0.15) is 49.3 Å². The lowest BCUT2D eigenvalue weighted by Gasteiger charge is -2.48. The van der Waals surface area contributed by atoms with Crippen molar-refractivity contribution in [3.63, 3.8) is 0 Å². The molecule has 25 heavy (non-hydrogen) atoms. The van der Waals surface area contributed by atoms with Crippen molar-refractivity contribution in [3.8, 4) is 0 Å². The van der Waals surface area contributed by atoms with E-state index in [1.165, 1.54) is 0 Å². The molecule has 0 bridgehead atoms. The van der Waals surface area contributed by atoms with Gasteiger partial charge in [0.05, 0.1) is 13.2 Å². The zero-order chi connectivity index (χ0) is 18.3. The summed E-state index contributed by atoms with van der Waals surface area (Å²) in [6.07, 6.45) is -11.6. The van der Waals surface area contributed by atoms with Crippen LogP contribution in [0, 0.1) is 0 Å². The third-order valence-corrected chi connectivity index (χ3v) is 4.61. The summed E-state index contributed by atoms with van der Waals surface area (Å²) in [5.74, 6) is -2.34. The number of aliphatic hydroxyl groups is 8. The number of thiol groups is 1. The Hall–Kier alpha value is 0.200. The Balaban J connectivity index is 0.00000312. The first kappa shape index (κ1) is 23.2. The van der Waals surface area contributed by atoms with Crippen LogP contribution < -0.4 is 0 Å². The molecule has 0 aliphatic carbocycles. The van der Waals surface area contributed by atoms with Crippen molar-refractivity contribution < 1.29 is 55.1 Å². The number of rotatable bonds is 5. The van der Waals surface area contributed by atoms with Crippen molar-refractivity contribution in [2.75, 3.05) is 19.8 Å². The first-order chi connectivity index (χ1) is 11.2. The summed E-state index contributed by atoms with van der Waals surface area (Å²) in [6.45, 7) is -2.48. The van der Waals surface area contributed by atoms with E-state index in [1.54, 1.807) is 0 Å². The number of hydrogen-bond acceptors (Lipinski definition) is 12. The molecule has 2 aliphatic rings. The normalized spacial score (nSPS) is 50.5. The molecule has 2 rings (SSSR count). The van der Waals surface area contributed by atoms with Gasteiger partial charge in [-0.3, -0.25) is 0 Å². The summed E-state index contributed by atoms with van der Waals surface area (Å²) in [5, 5.41) is 75.0. The Kier molecular flexibility index (Phi) is 7.88. The van der Waals surface area contributed by atoms with Crippen LogP contribution in [-0.2, 0) is 14.2 Å². The molecular weight excluding hydrogens is 388 g/mol. The highest BCUT2D eigenvalue weighted by molar-refractivity contribution is 7.81. The van der Waals surface area contributed by atoms with E-state index in [9.17, 15) is 35.7 Å². The minimum atomic E-state index is -2.42. The molecule has 9 atom stereocenters. The number of halogens is 1. The lowest BCUT2D eigenvalue weighted by Crippen LogP contribution is -2.67. The smallest absolute Gasteiger partial charge is 0.248 e. The summed E-state index contributed by atoms with van der Waals surface area (Å²) >= 11 is 3.95. The zero-order valence-electron chi connectivity index (χ0n) is 12.8. The molecule has 1 unspecified atom stereocenters. The predicted octanol–water partition coefficient (Wildman–Crippen LogP) is -4.72. The molecule has 0 aromatic rings. The molecule has 11 nitrogen and oxygen atoms in total. The maximum atomic E-state index is 10.1. The average molecular weight is 411 g/mol. The molecule has 0 saturated carbocycles. The highest BCUT2D eigenvalue weighted by atomic mass is 35.5. The van der Waals surface area contributed by atoms with Gasteiger partial charge in [-0.25, -0.2) is 0 Å². The molecule has 0 amide bonds. The fourth-order valence-corrected chi connectivity index (χ4v) is 3.15. The third kappa shape index (κ3) is 3.91. The molecule has 2 saturated heterocycles. The molecule has 2 heterocycles. The maximum Gasteiger partial charge on any atom is 0.248 e. The van der Waals surface area contributed by atoms with Crippen LogP contribution in [0.1, 0.15) is 0 Å². The monoisotopic (exact) mass is 410 g/mol. The van der Waals surface area contributed by atoms with Gasteiger partial charge < -0.3 is 55.1 Å². The van der Waals surface area contributed by atoms with Crippen molar-refractivity contribution in [3.05, 3.63) is 0 Å². The predicted molar refractivity (Wildman–Crippen MR) is 83.8 cm³/mol. The van der Waals surface area contributed by atoms with Crippen LogP contribution in [0.4, 0.5) is 0 Å². The Morgan fingerprint density at radius 2 is 1.32 bits per heavy atom. The van der Waals surface area contributed by atoms with Gasteiger partial charge in [-0.05, 0) is 0 Å². The van der Waals surface area contributed by atoms with Crippen LogP contribution >= 0.6 is 25.0 Å². The highest BCUT2D eigenvalue weighted by Crippen LogP contribution is 2.42. The minimum absolute atomic E-state index is 0. The van der Waals surface area contributed by atoms with E-state index in [1.807, 2.05) is 0 Å². The fraction of sp³-hybridized carbons (Fsp3) is 1.00. The first-order valence-corrected chi connectivity index (χ1v) is 7.61. The summed E-state index contributed by atoms with van der Waals surface area (Å²) in [5.41, 5.74) is 0. The van der Waals surface area contributed by atoms with Gasteiger partial charge in [0.15, 0.2) is 0 Å². The van der Waals surface area contributed by atoms with Crippen LogP contribution in [0.3, 0.4) is 0 Å². The second-order valence-corrected chi connectivity index (χ2v) is 6.37. The van der Waals surface area contributed by atoms with Gasteiger partial charge in [0, 0.05) is 0 Å². The van der Waals surface area contributed by atoms with E-state index in [0.717, 1.165) is 0 Å². The van der Waals surface area contributed by atoms with Crippen molar-refractivity contribution >= 4 is 25.0 Å². The lowest BCUT2D eigenvalue weighted by molar-refractivity contribution is -0.398. The number of hydrogen-bond donors (Lipinski definition) is 9. The van der Waals surface area contributed by atoms with Gasteiger partial charge in [-0.15, -0.1) is 25.0 Å². The molecule has 0 aromatic heterocycles. The van der Waals surface area contributed by atoms with Crippen molar-refractivity contribution in [1.82, 2.24) is 0 Å². The summed E-state index contributed by atoms with van der Waals surface area (Å²) in [7, 11) is 0. The van der Waals surface area contributed by atoms with E-state index in [-0.39, 0.29) is 12.4 Å². The molecule has 0 radical (unpaired) electrons. The molecule has 13 heteroatoms. The van der Waals surface area contributed by atoms with Crippen molar-refractivity contribution in [2.45, 2.75) is 53.6 Å². The fourth-order valence-electron chi connectivity index (χ4n) is 2.71. The van der Waals surface area contributed by atoms with Crippen LogP contribution in [0.15, 0.2) is 0 Å². The second-order valence-electron chi connectivity index (χ2n) is 5.74. The van der Waals surface area contributed by atoms with Gasteiger partial charge >= 0.3 is 0 Å². The molecule has 0 aromatic carbocycles. The van der Waals surface area contributed by atoms with Gasteiger partial charge in [-0.1, -0.05) is 0 Å². The first-order valence-electron chi connectivity index (χ1n) is 7.17. The highest BCUT2D eigenvalue weighted by Gasteiger charge is 2.62. The number of aliphatic hydroxyl groups excluding tert-OH is 8.